The number of anilines is 1. The summed E-state index contributed by atoms with van der Waals surface area (Å²) in [4.78, 5) is 7.22. The molecule has 0 spiro atoms. The van der Waals surface area contributed by atoms with Gasteiger partial charge in [0.25, 0.3) is 0 Å². The molecule has 0 bridgehead atoms. The number of fused-ring (bicyclic) bond motifs is 1. The van der Waals surface area contributed by atoms with Gasteiger partial charge in [0.05, 0.1) is 29.0 Å². The van der Waals surface area contributed by atoms with Crippen molar-refractivity contribution in [3.63, 3.8) is 0 Å². The minimum absolute atomic E-state index is 0.280. The van der Waals surface area contributed by atoms with Gasteiger partial charge in [-0.3, -0.25) is 4.98 Å². The first-order chi connectivity index (χ1) is 17.5. The maximum absolute atomic E-state index is 15.4. The average Bonchev–Trinajstić information content (AvgIpc) is 3.31. The lowest BCUT2D eigenvalue weighted by Gasteiger charge is -2.29. The van der Waals surface area contributed by atoms with Gasteiger partial charge < -0.3 is 20.2 Å². The van der Waals surface area contributed by atoms with Crippen LogP contribution in [0.1, 0.15) is 24.0 Å². The summed E-state index contributed by atoms with van der Waals surface area (Å²) in [5.74, 6) is 0.141. The highest BCUT2D eigenvalue weighted by atomic mass is 19.1. The summed E-state index contributed by atoms with van der Waals surface area (Å²) in [6.45, 7) is 3.11. The van der Waals surface area contributed by atoms with Crippen LogP contribution in [-0.2, 0) is 6.54 Å². The fourth-order valence-electron chi connectivity index (χ4n) is 5.18. The minimum Gasteiger partial charge on any atom is -0.388 e. The average molecular weight is 481 g/mol. The molecule has 4 aromatic rings. The quantitative estimate of drug-likeness (QED) is 0.344. The molecule has 1 fully saturated rings. The molecule has 0 aliphatic carbocycles. The monoisotopic (exact) mass is 480 g/mol. The van der Waals surface area contributed by atoms with E-state index < -0.39 is 5.82 Å². The molecule has 182 valence electrons. The van der Waals surface area contributed by atoms with E-state index in [0.717, 1.165) is 60.2 Å². The highest BCUT2D eigenvalue weighted by Crippen LogP contribution is 2.39. The van der Waals surface area contributed by atoms with Crippen molar-refractivity contribution in [2.45, 2.75) is 19.4 Å². The van der Waals surface area contributed by atoms with Crippen molar-refractivity contribution in [2.75, 3.05) is 32.5 Å². The van der Waals surface area contributed by atoms with Crippen molar-refractivity contribution in [3.8, 4) is 28.5 Å². The van der Waals surface area contributed by atoms with Gasteiger partial charge in [-0.1, -0.05) is 12.1 Å². The standard InChI is InChI=1S/C29H29FN6/c1-33-26-6-4-21(14-22(26)16-32)29-28(23-5-3-20(15-31)13-25(23)30)24-9-12-36(27(24)17-34-29)18-19-7-10-35(2)11-8-19/h3-6,9,12-14,16-17,19,32-33H,7-8,10-11,18H2,1-2H3. The van der Waals surface area contributed by atoms with Crippen molar-refractivity contribution in [3.05, 3.63) is 71.8 Å². The van der Waals surface area contributed by atoms with E-state index in [1.54, 1.807) is 12.1 Å². The van der Waals surface area contributed by atoms with Gasteiger partial charge in [-0.25, -0.2) is 4.39 Å². The molecular formula is C29H29FN6. The van der Waals surface area contributed by atoms with E-state index in [-0.39, 0.29) is 5.56 Å². The second kappa shape index (κ2) is 9.92. The smallest absolute Gasteiger partial charge is 0.132 e. The Bertz CT molecular complexity index is 1470. The van der Waals surface area contributed by atoms with E-state index in [4.69, 9.17) is 10.4 Å². The molecule has 36 heavy (non-hydrogen) atoms. The first kappa shape index (κ1) is 23.7. The van der Waals surface area contributed by atoms with Crippen LogP contribution >= 0.6 is 0 Å². The lowest BCUT2D eigenvalue weighted by atomic mass is 9.94. The van der Waals surface area contributed by atoms with Crippen LogP contribution in [0.5, 0.6) is 0 Å². The molecule has 0 saturated carbocycles. The van der Waals surface area contributed by atoms with Gasteiger partial charge in [-0.05, 0) is 69.2 Å². The third kappa shape index (κ3) is 4.36. The zero-order valence-corrected chi connectivity index (χ0v) is 20.6. The molecule has 5 rings (SSSR count). The van der Waals surface area contributed by atoms with Gasteiger partial charge in [-0.15, -0.1) is 0 Å². The SMILES string of the molecule is CNc1ccc(-c2ncc3c(ccn3CC3CCN(C)CC3)c2-c2ccc(C#N)cc2F)cc1C=N. The Morgan fingerprint density at radius 3 is 2.69 bits per heavy atom. The highest BCUT2D eigenvalue weighted by Gasteiger charge is 2.22. The summed E-state index contributed by atoms with van der Waals surface area (Å²) >= 11 is 0. The second-order valence-corrected chi connectivity index (χ2v) is 9.50. The molecule has 7 heteroatoms. The molecule has 1 aliphatic rings. The molecular weight excluding hydrogens is 451 g/mol. The molecule has 0 radical (unpaired) electrons. The van der Waals surface area contributed by atoms with E-state index in [0.29, 0.717) is 22.7 Å². The number of hydrogen-bond donors (Lipinski definition) is 2. The summed E-state index contributed by atoms with van der Waals surface area (Å²) in [7, 11) is 3.98. The van der Waals surface area contributed by atoms with Crippen molar-refractivity contribution in [1.29, 1.82) is 10.7 Å². The minimum atomic E-state index is -0.452. The van der Waals surface area contributed by atoms with Crippen LogP contribution in [0.4, 0.5) is 10.1 Å². The summed E-state index contributed by atoms with van der Waals surface area (Å²) in [6.07, 6.45) is 7.56. The number of hydrogen-bond acceptors (Lipinski definition) is 5. The van der Waals surface area contributed by atoms with Crippen LogP contribution < -0.4 is 5.32 Å². The first-order valence-corrected chi connectivity index (χ1v) is 12.2. The van der Waals surface area contributed by atoms with E-state index in [9.17, 15) is 5.26 Å². The summed E-state index contributed by atoms with van der Waals surface area (Å²) in [6, 6.07) is 14.4. The van der Waals surface area contributed by atoms with E-state index in [1.807, 2.05) is 43.6 Å². The Morgan fingerprint density at radius 1 is 1.19 bits per heavy atom. The van der Waals surface area contributed by atoms with Crippen LogP contribution in [0.15, 0.2) is 54.9 Å². The Labute approximate surface area is 210 Å². The third-order valence-corrected chi connectivity index (χ3v) is 7.24. The summed E-state index contributed by atoms with van der Waals surface area (Å²) < 4.78 is 17.6. The number of aromatic nitrogens is 2. The Hall–Kier alpha value is -4.02. The van der Waals surface area contributed by atoms with Gasteiger partial charge in [0, 0.05) is 59.3 Å². The number of likely N-dealkylation sites (tertiary alicyclic amines) is 1. The number of halogens is 1. The summed E-state index contributed by atoms with van der Waals surface area (Å²) in [5, 5.41) is 21.1. The maximum atomic E-state index is 15.4. The van der Waals surface area contributed by atoms with E-state index >= 15 is 4.39 Å². The van der Waals surface area contributed by atoms with Gasteiger partial charge in [0.1, 0.15) is 5.82 Å². The molecule has 2 N–H and O–H groups in total. The van der Waals surface area contributed by atoms with Gasteiger partial charge in [0.2, 0.25) is 0 Å². The van der Waals surface area contributed by atoms with E-state index in [1.165, 1.54) is 12.3 Å². The van der Waals surface area contributed by atoms with Gasteiger partial charge >= 0.3 is 0 Å². The molecule has 6 nitrogen and oxygen atoms in total. The predicted octanol–water partition coefficient (Wildman–Crippen LogP) is 5.76. The van der Waals surface area contributed by atoms with Crippen LogP contribution in [0, 0.1) is 28.5 Å². The number of rotatable bonds is 6. The van der Waals surface area contributed by atoms with Crippen LogP contribution in [0.25, 0.3) is 33.3 Å². The first-order valence-electron chi connectivity index (χ1n) is 12.2. The molecule has 0 amide bonds. The number of piperidine rings is 1. The molecule has 3 heterocycles. The lowest BCUT2D eigenvalue weighted by molar-refractivity contribution is 0.206. The molecule has 0 atom stereocenters. The largest absolute Gasteiger partial charge is 0.388 e. The zero-order chi connectivity index (χ0) is 25.2. The molecule has 2 aromatic heterocycles. The Kier molecular flexibility index (Phi) is 6.53. The maximum Gasteiger partial charge on any atom is 0.132 e. The van der Waals surface area contributed by atoms with Gasteiger partial charge in [0.15, 0.2) is 0 Å². The molecule has 1 aliphatic heterocycles. The van der Waals surface area contributed by atoms with E-state index in [2.05, 4.69) is 28.0 Å². The van der Waals surface area contributed by atoms with Crippen molar-refractivity contribution in [2.24, 2.45) is 5.92 Å². The number of nitrogens with one attached hydrogen (secondary N) is 2. The van der Waals surface area contributed by atoms with Crippen LogP contribution in [-0.4, -0.2) is 47.9 Å². The van der Waals surface area contributed by atoms with Crippen molar-refractivity contribution >= 4 is 22.8 Å². The van der Waals surface area contributed by atoms with Crippen LogP contribution in [0.3, 0.4) is 0 Å². The van der Waals surface area contributed by atoms with Gasteiger partial charge in [-0.2, -0.15) is 5.26 Å². The number of pyridine rings is 1. The zero-order valence-electron chi connectivity index (χ0n) is 20.6. The van der Waals surface area contributed by atoms with Crippen LogP contribution in [0.2, 0.25) is 0 Å². The highest BCUT2D eigenvalue weighted by molar-refractivity contribution is 6.02. The fourth-order valence-corrected chi connectivity index (χ4v) is 5.18. The topological polar surface area (TPSA) is 80.7 Å². The predicted molar refractivity (Wildman–Crippen MR) is 143 cm³/mol. The number of nitrogens with zero attached hydrogens (tertiary/aromatic N) is 4. The number of benzene rings is 2. The second-order valence-electron chi connectivity index (χ2n) is 9.50. The lowest BCUT2D eigenvalue weighted by Crippen LogP contribution is -2.31. The Balaban J connectivity index is 1.68. The van der Waals surface area contributed by atoms with Crippen molar-refractivity contribution < 1.29 is 4.39 Å². The fraction of sp³-hybridized carbons (Fsp3) is 0.276. The Morgan fingerprint density at radius 2 is 2.00 bits per heavy atom. The third-order valence-electron chi connectivity index (χ3n) is 7.24. The molecule has 2 aromatic carbocycles. The normalized spacial score (nSPS) is 14.6. The van der Waals surface area contributed by atoms with Crippen molar-refractivity contribution in [1.82, 2.24) is 14.5 Å². The number of nitriles is 1. The molecule has 0 unspecified atom stereocenters. The summed E-state index contributed by atoms with van der Waals surface area (Å²) in [5.41, 5.74) is 5.37. The molecule has 1 saturated heterocycles.